The van der Waals surface area contributed by atoms with Crippen molar-refractivity contribution < 1.29 is 4.79 Å². The second kappa shape index (κ2) is 9.47. The first-order valence-corrected chi connectivity index (χ1v) is 11.0. The van der Waals surface area contributed by atoms with E-state index in [1.807, 2.05) is 44.2 Å². The molecule has 0 radical (unpaired) electrons. The number of carbonyl (C=O) groups is 1. The smallest absolute Gasteiger partial charge is 0.273 e. The molecule has 7 heteroatoms. The van der Waals surface area contributed by atoms with E-state index in [0.717, 1.165) is 28.0 Å². The summed E-state index contributed by atoms with van der Waals surface area (Å²) < 4.78 is 2.10. The highest BCUT2D eigenvalue weighted by atomic mass is 32.1. The minimum absolute atomic E-state index is 0.128. The van der Waals surface area contributed by atoms with Gasteiger partial charge in [0.15, 0.2) is 5.57 Å². The van der Waals surface area contributed by atoms with Gasteiger partial charge in [0, 0.05) is 18.1 Å². The Balaban J connectivity index is 1.95. The third-order valence-electron chi connectivity index (χ3n) is 5.04. The van der Waals surface area contributed by atoms with Crippen molar-refractivity contribution in [2.45, 2.75) is 13.8 Å². The molecule has 0 aliphatic rings. The summed E-state index contributed by atoms with van der Waals surface area (Å²) in [6.45, 7) is 3.81. The SMILES string of the molecule is Cc1ccc(C)c(NC(=O)C(C#N)=c2sc(=Cc3ccncc3)c(=O)n2-c2ccccc2)c1. The molecule has 0 aliphatic carbocycles. The van der Waals surface area contributed by atoms with Crippen LogP contribution in [0.3, 0.4) is 0 Å². The number of thiazole rings is 1. The number of para-hydroxylation sites is 1. The molecule has 162 valence electrons. The number of pyridine rings is 1. The fourth-order valence-corrected chi connectivity index (χ4v) is 4.43. The van der Waals surface area contributed by atoms with Gasteiger partial charge in [-0.1, -0.05) is 30.3 Å². The number of rotatable bonds is 4. The number of nitriles is 1. The number of anilines is 1. The lowest BCUT2D eigenvalue weighted by Gasteiger charge is -2.09. The number of hydrogen-bond acceptors (Lipinski definition) is 5. The Morgan fingerprint density at radius 1 is 1.09 bits per heavy atom. The van der Waals surface area contributed by atoms with Crippen LogP contribution in [0, 0.1) is 25.2 Å². The predicted molar refractivity (Wildman–Crippen MR) is 131 cm³/mol. The zero-order valence-electron chi connectivity index (χ0n) is 18.1. The van der Waals surface area contributed by atoms with Gasteiger partial charge in [-0.15, -0.1) is 11.3 Å². The van der Waals surface area contributed by atoms with Crippen molar-refractivity contribution >= 4 is 34.6 Å². The van der Waals surface area contributed by atoms with E-state index in [-0.39, 0.29) is 15.8 Å². The summed E-state index contributed by atoms with van der Waals surface area (Å²) in [7, 11) is 0. The van der Waals surface area contributed by atoms with Gasteiger partial charge in [0.05, 0.1) is 10.2 Å². The third-order valence-corrected chi connectivity index (χ3v) is 6.13. The fraction of sp³-hybridized carbons (Fsp3) is 0.0769. The minimum atomic E-state index is -0.562. The zero-order valence-corrected chi connectivity index (χ0v) is 18.9. The van der Waals surface area contributed by atoms with E-state index in [4.69, 9.17) is 0 Å². The van der Waals surface area contributed by atoms with Crippen LogP contribution in [0.4, 0.5) is 5.69 Å². The number of carbonyl (C=O) groups excluding carboxylic acids is 1. The van der Waals surface area contributed by atoms with Crippen molar-refractivity contribution in [3.63, 3.8) is 0 Å². The van der Waals surface area contributed by atoms with Gasteiger partial charge in [-0.05, 0) is 66.9 Å². The molecule has 2 aromatic heterocycles. The Morgan fingerprint density at radius 3 is 2.52 bits per heavy atom. The Morgan fingerprint density at radius 2 is 1.82 bits per heavy atom. The Kier molecular flexibility index (Phi) is 6.29. The molecule has 6 nitrogen and oxygen atoms in total. The van der Waals surface area contributed by atoms with Gasteiger partial charge >= 0.3 is 0 Å². The lowest BCUT2D eigenvalue weighted by molar-refractivity contribution is -0.111. The molecule has 2 heterocycles. The van der Waals surface area contributed by atoms with Gasteiger partial charge in [-0.3, -0.25) is 19.1 Å². The lowest BCUT2D eigenvalue weighted by atomic mass is 10.1. The summed E-state index contributed by atoms with van der Waals surface area (Å²) in [4.78, 5) is 30.5. The molecule has 2 aromatic carbocycles. The average molecular weight is 453 g/mol. The van der Waals surface area contributed by atoms with Crippen LogP contribution in [0.2, 0.25) is 0 Å². The third kappa shape index (κ3) is 4.66. The summed E-state index contributed by atoms with van der Waals surface area (Å²) in [5.41, 5.74) is 3.44. The average Bonchev–Trinajstić information content (AvgIpc) is 3.13. The van der Waals surface area contributed by atoms with Crippen molar-refractivity contribution in [2.75, 3.05) is 5.32 Å². The molecule has 33 heavy (non-hydrogen) atoms. The molecule has 0 atom stereocenters. The van der Waals surface area contributed by atoms with E-state index in [9.17, 15) is 14.9 Å². The molecule has 4 aromatic rings. The summed E-state index contributed by atoms with van der Waals surface area (Å²) in [5.74, 6) is -0.562. The lowest BCUT2D eigenvalue weighted by Crippen LogP contribution is -2.32. The highest BCUT2D eigenvalue weighted by molar-refractivity contribution is 7.07. The maximum Gasteiger partial charge on any atom is 0.273 e. The molecule has 0 saturated carbocycles. The summed E-state index contributed by atoms with van der Waals surface area (Å²) in [5, 5.41) is 12.8. The van der Waals surface area contributed by atoms with Crippen molar-refractivity contribution in [3.8, 4) is 11.8 Å². The van der Waals surface area contributed by atoms with Gasteiger partial charge in [0.25, 0.3) is 11.5 Å². The topological polar surface area (TPSA) is 87.8 Å². The van der Waals surface area contributed by atoms with Gasteiger partial charge in [0.2, 0.25) is 0 Å². The molecular weight excluding hydrogens is 432 g/mol. The van der Waals surface area contributed by atoms with Crippen LogP contribution in [0.15, 0.2) is 77.9 Å². The number of nitrogens with zero attached hydrogens (tertiary/aromatic N) is 3. The first-order valence-electron chi connectivity index (χ1n) is 10.2. The van der Waals surface area contributed by atoms with Crippen molar-refractivity contribution in [1.82, 2.24) is 9.55 Å². The van der Waals surface area contributed by atoms with Crippen molar-refractivity contribution in [2.24, 2.45) is 0 Å². The van der Waals surface area contributed by atoms with Gasteiger partial charge in [-0.2, -0.15) is 5.26 Å². The predicted octanol–water partition coefficient (Wildman–Crippen LogP) is 3.05. The Labute approximate surface area is 194 Å². The van der Waals surface area contributed by atoms with E-state index in [1.54, 1.807) is 54.9 Å². The minimum Gasteiger partial charge on any atom is -0.321 e. The van der Waals surface area contributed by atoms with Crippen LogP contribution >= 0.6 is 11.3 Å². The summed E-state index contributed by atoms with van der Waals surface area (Å²) in [6.07, 6.45) is 5.01. The van der Waals surface area contributed by atoms with E-state index >= 15 is 0 Å². The van der Waals surface area contributed by atoms with Crippen LogP contribution < -0.4 is 20.1 Å². The molecule has 0 unspecified atom stereocenters. The summed E-state index contributed by atoms with van der Waals surface area (Å²) in [6, 6.07) is 20.3. The number of nitrogens with one attached hydrogen (secondary N) is 1. The second-order valence-electron chi connectivity index (χ2n) is 7.43. The molecule has 0 spiro atoms. The highest BCUT2D eigenvalue weighted by Gasteiger charge is 2.18. The van der Waals surface area contributed by atoms with Crippen LogP contribution in [0.1, 0.15) is 16.7 Å². The number of amides is 1. The first kappa shape index (κ1) is 21.9. The van der Waals surface area contributed by atoms with Crippen LogP contribution in [-0.4, -0.2) is 15.5 Å². The molecule has 1 amide bonds. The highest BCUT2D eigenvalue weighted by Crippen LogP contribution is 2.17. The van der Waals surface area contributed by atoms with E-state index < -0.39 is 5.91 Å². The maximum atomic E-state index is 13.4. The Bertz CT molecular complexity index is 1550. The normalized spacial score (nSPS) is 12.2. The quantitative estimate of drug-likeness (QED) is 0.516. The van der Waals surface area contributed by atoms with Crippen LogP contribution in [0.25, 0.3) is 17.3 Å². The number of aryl methyl sites for hydroxylation is 2. The first-order chi connectivity index (χ1) is 16.0. The monoisotopic (exact) mass is 452 g/mol. The van der Waals surface area contributed by atoms with Gasteiger partial charge in [0.1, 0.15) is 10.7 Å². The van der Waals surface area contributed by atoms with Crippen LogP contribution in [-0.2, 0) is 4.79 Å². The van der Waals surface area contributed by atoms with Crippen molar-refractivity contribution in [1.29, 1.82) is 5.26 Å². The van der Waals surface area contributed by atoms with Crippen LogP contribution in [0.5, 0.6) is 0 Å². The van der Waals surface area contributed by atoms with E-state index in [2.05, 4.69) is 10.3 Å². The number of benzene rings is 2. The molecule has 0 saturated heterocycles. The molecular formula is C26H20N4O2S. The fourth-order valence-electron chi connectivity index (χ4n) is 3.32. The molecule has 4 rings (SSSR count). The summed E-state index contributed by atoms with van der Waals surface area (Å²) >= 11 is 1.11. The van der Waals surface area contributed by atoms with E-state index in [1.165, 1.54) is 4.57 Å². The standard InChI is InChI=1S/C26H20N4O2S/c1-17-8-9-18(2)22(14-17)29-24(31)21(16-27)26-30(20-6-4-3-5-7-20)25(32)23(33-26)15-19-10-12-28-13-11-19/h3-15H,1-2H3,(H,29,31). The van der Waals surface area contributed by atoms with Gasteiger partial charge in [-0.25, -0.2) is 0 Å². The number of hydrogen-bond donors (Lipinski definition) is 1. The largest absolute Gasteiger partial charge is 0.321 e. The molecule has 0 fully saturated rings. The molecule has 0 aliphatic heterocycles. The van der Waals surface area contributed by atoms with Gasteiger partial charge < -0.3 is 5.32 Å². The zero-order chi connectivity index (χ0) is 23.4. The van der Waals surface area contributed by atoms with Crippen molar-refractivity contribution in [3.05, 3.63) is 109 Å². The second-order valence-corrected chi connectivity index (χ2v) is 8.46. The Hall–Kier alpha value is -4.28. The van der Waals surface area contributed by atoms with E-state index in [0.29, 0.717) is 15.9 Å². The molecule has 0 bridgehead atoms. The molecule has 1 N–H and O–H groups in total. The maximum absolute atomic E-state index is 13.4. The number of aromatic nitrogens is 2.